The van der Waals surface area contributed by atoms with Gasteiger partial charge in [0.25, 0.3) is 0 Å². The molecule has 3 N–H and O–H groups in total. The van der Waals surface area contributed by atoms with Crippen LogP contribution in [0.3, 0.4) is 0 Å². The first-order valence-electron chi connectivity index (χ1n) is 11.5. The number of morpholine rings is 1. The summed E-state index contributed by atoms with van der Waals surface area (Å²) in [4.78, 5) is 7.27. The highest BCUT2D eigenvalue weighted by atomic mass is 16.5. The molecule has 0 unspecified atom stereocenters. The summed E-state index contributed by atoms with van der Waals surface area (Å²) in [6.45, 7) is 5.31. The molecule has 5 rings (SSSR count). The summed E-state index contributed by atoms with van der Waals surface area (Å²) in [5.74, 6) is 2.76. The molecular weight excluding hydrogens is 392 g/mol. The molecule has 4 heterocycles. The molecule has 2 aromatic heterocycles. The zero-order chi connectivity index (χ0) is 21.3. The second-order valence-electron chi connectivity index (χ2n) is 9.09. The van der Waals surface area contributed by atoms with E-state index in [1.807, 2.05) is 6.07 Å². The first kappa shape index (κ1) is 20.5. The molecule has 0 aromatic carbocycles. The average molecular weight is 425 g/mol. The molecular formula is C23H32N6O2. The van der Waals surface area contributed by atoms with Crippen LogP contribution in [0.15, 0.2) is 18.3 Å². The fourth-order valence-corrected chi connectivity index (χ4v) is 5.42. The van der Waals surface area contributed by atoms with E-state index < -0.39 is 0 Å². The highest BCUT2D eigenvalue weighted by Crippen LogP contribution is 2.46. The topological polar surface area (TPSA) is 99.2 Å². The van der Waals surface area contributed by atoms with Crippen LogP contribution in [0.25, 0.3) is 0 Å². The molecule has 2 saturated heterocycles. The number of anilines is 3. The van der Waals surface area contributed by atoms with Gasteiger partial charge in [-0.1, -0.05) is 0 Å². The van der Waals surface area contributed by atoms with Gasteiger partial charge in [-0.3, -0.25) is 5.10 Å². The lowest BCUT2D eigenvalue weighted by Gasteiger charge is -2.38. The third kappa shape index (κ3) is 4.06. The van der Waals surface area contributed by atoms with Crippen LogP contribution in [0.4, 0.5) is 17.5 Å². The van der Waals surface area contributed by atoms with E-state index in [0.29, 0.717) is 30.8 Å². The van der Waals surface area contributed by atoms with E-state index >= 15 is 0 Å². The van der Waals surface area contributed by atoms with Crippen LogP contribution in [-0.4, -0.2) is 59.4 Å². The smallest absolute Gasteiger partial charge is 0.153 e. The zero-order valence-corrected chi connectivity index (χ0v) is 18.2. The van der Waals surface area contributed by atoms with Crippen molar-refractivity contribution in [3.63, 3.8) is 0 Å². The van der Waals surface area contributed by atoms with E-state index in [2.05, 4.69) is 33.4 Å². The molecule has 1 saturated carbocycles. The number of pyridine rings is 1. The molecule has 8 nitrogen and oxygen atoms in total. The highest BCUT2D eigenvalue weighted by Gasteiger charge is 2.40. The minimum Gasteiger partial charge on any atom is -0.377 e. The van der Waals surface area contributed by atoms with Crippen molar-refractivity contribution in [1.82, 2.24) is 15.2 Å². The second kappa shape index (κ2) is 8.59. The molecule has 1 aliphatic carbocycles. The quantitative estimate of drug-likeness (QED) is 0.628. The fourth-order valence-electron chi connectivity index (χ4n) is 5.42. The number of aromatic nitrogens is 3. The van der Waals surface area contributed by atoms with Crippen molar-refractivity contribution in [1.29, 1.82) is 5.41 Å². The predicted molar refractivity (Wildman–Crippen MR) is 121 cm³/mol. The number of rotatable bonds is 5. The third-order valence-corrected chi connectivity index (χ3v) is 7.15. The van der Waals surface area contributed by atoms with Gasteiger partial charge in [-0.05, 0) is 63.0 Å². The molecule has 1 spiro atoms. The molecule has 0 bridgehead atoms. The van der Waals surface area contributed by atoms with E-state index in [9.17, 15) is 0 Å². The number of hydrogen-bond acceptors (Lipinski definition) is 7. The molecule has 31 heavy (non-hydrogen) atoms. The lowest BCUT2D eigenvalue weighted by atomic mass is 9.74. The Morgan fingerprint density at radius 3 is 2.84 bits per heavy atom. The van der Waals surface area contributed by atoms with Gasteiger partial charge in [0.1, 0.15) is 11.6 Å². The number of ether oxygens (including phenoxy) is 2. The van der Waals surface area contributed by atoms with Crippen molar-refractivity contribution in [2.75, 3.05) is 36.6 Å². The van der Waals surface area contributed by atoms with E-state index in [1.54, 1.807) is 6.20 Å². The predicted octanol–water partition coefficient (Wildman–Crippen LogP) is 3.98. The molecule has 3 fully saturated rings. The average Bonchev–Trinajstić information content (AvgIpc) is 3.47. The van der Waals surface area contributed by atoms with Crippen LogP contribution < -0.4 is 10.2 Å². The van der Waals surface area contributed by atoms with Gasteiger partial charge in [-0.25, -0.2) is 4.98 Å². The van der Waals surface area contributed by atoms with Crippen molar-refractivity contribution in [2.24, 2.45) is 0 Å². The summed E-state index contributed by atoms with van der Waals surface area (Å²) < 4.78 is 11.8. The standard InChI is InChI=1S/C23H32N6O2/c1-16-15-30-12-10-29(16)21-13-18(17-3-7-23(8-4-17)6-2-11-31-23)19(14-24)22(27-21)26-20-5-9-25-28-20/h5,9,13-14,16-17,24H,2-4,6-8,10-12,15H2,1H3,(H2,25,26,27,28)/t16-,17-,23+/m1/s1. The van der Waals surface area contributed by atoms with Gasteiger partial charge < -0.3 is 25.1 Å². The molecule has 2 aliphatic heterocycles. The lowest BCUT2D eigenvalue weighted by Crippen LogP contribution is -2.44. The summed E-state index contributed by atoms with van der Waals surface area (Å²) in [7, 11) is 0. The number of aromatic amines is 1. The van der Waals surface area contributed by atoms with E-state index in [1.165, 1.54) is 24.6 Å². The molecule has 1 atom stereocenters. The molecule has 8 heteroatoms. The SMILES string of the molecule is C[C@@H]1COCCN1c1cc([C@H]2CC[C@]3(CCCO3)CC2)c(C=N)c(Nc2cc[nH]n2)n1. The summed E-state index contributed by atoms with van der Waals surface area (Å²) in [5, 5.41) is 18.6. The Hall–Kier alpha value is -2.45. The summed E-state index contributed by atoms with van der Waals surface area (Å²) >= 11 is 0. The first-order chi connectivity index (χ1) is 15.2. The molecule has 3 aliphatic rings. The minimum atomic E-state index is 0.103. The summed E-state index contributed by atoms with van der Waals surface area (Å²) in [6.07, 6.45) is 9.98. The van der Waals surface area contributed by atoms with Crippen LogP contribution in [-0.2, 0) is 9.47 Å². The van der Waals surface area contributed by atoms with Gasteiger partial charge in [0.2, 0.25) is 0 Å². The van der Waals surface area contributed by atoms with Crippen LogP contribution in [0, 0.1) is 5.41 Å². The normalized spacial score (nSPS) is 28.7. The van der Waals surface area contributed by atoms with Crippen molar-refractivity contribution in [3.8, 4) is 0 Å². The summed E-state index contributed by atoms with van der Waals surface area (Å²) in [5.41, 5.74) is 2.18. The fraction of sp³-hybridized carbons (Fsp3) is 0.609. The zero-order valence-electron chi connectivity index (χ0n) is 18.2. The molecule has 166 valence electrons. The molecule has 2 aromatic rings. The Balaban J connectivity index is 1.50. The van der Waals surface area contributed by atoms with Crippen molar-refractivity contribution in [3.05, 3.63) is 29.5 Å². The Morgan fingerprint density at radius 2 is 2.16 bits per heavy atom. The van der Waals surface area contributed by atoms with Gasteiger partial charge in [-0.2, -0.15) is 5.10 Å². The van der Waals surface area contributed by atoms with Gasteiger partial charge in [0.05, 0.1) is 24.9 Å². The molecule has 0 radical (unpaired) electrons. The molecule has 0 amide bonds. The highest BCUT2D eigenvalue weighted by molar-refractivity contribution is 5.88. The number of nitrogens with one attached hydrogen (secondary N) is 3. The van der Waals surface area contributed by atoms with Crippen molar-refractivity contribution >= 4 is 23.7 Å². The van der Waals surface area contributed by atoms with E-state index in [0.717, 1.165) is 50.2 Å². The Labute approximate surface area is 183 Å². The number of hydrogen-bond donors (Lipinski definition) is 3. The Morgan fingerprint density at radius 1 is 1.29 bits per heavy atom. The second-order valence-corrected chi connectivity index (χ2v) is 9.09. The van der Waals surface area contributed by atoms with Crippen molar-refractivity contribution < 1.29 is 9.47 Å². The minimum absolute atomic E-state index is 0.103. The maximum Gasteiger partial charge on any atom is 0.153 e. The van der Waals surface area contributed by atoms with Crippen molar-refractivity contribution in [2.45, 2.75) is 63.0 Å². The van der Waals surface area contributed by atoms with Gasteiger partial charge in [0.15, 0.2) is 5.82 Å². The Bertz CT molecular complexity index is 899. The van der Waals surface area contributed by atoms with Crippen LogP contribution in [0.1, 0.15) is 62.5 Å². The maximum absolute atomic E-state index is 8.20. The van der Waals surface area contributed by atoms with Gasteiger partial charge in [-0.15, -0.1) is 0 Å². The number of H-pyrrole nitrogens is 1. The largest absolute Gasteiger partial charge is 0.377 e. The van der Waals surface area contributed by atoms with Crippen LogP contribution in [0.2, 0.25) is 0 Å². The van der Waals surface area contributed by atoms with Gasteiger partial charge >= 0.3 is 0 Å². The van der Waals surface area contributed by atoms with Crippen LogP contribution in [0.5, 0.6) is 0 Å². The van der Waals surface area contributed by atoms with Crippen LogP contribution >= 0.6 is 0 Å². The summed E-state index contributed by atoms with van der Waals surface area (Å²) in [6, 6.07) is 4.36. The third-order valence-electron chi connectivity index (χ3n) is 7.15. The van der Waals surface area contributed by atoms with E-state index in [-0.39, 0.29) is 11.6 Å². The number of nitrogens with zero attached hydrogens (tertiary/aromatic N) is 3. The first-order valence-corrected chi connectivity index (χ1v) is 11.5. The van der Waals surface area contributed by atoms with Gasteiger partial charge in [0, 0.05) is 37.2 Å². The lowest BCUT2D eigenvalue weighted by molar-refractivity contribution is -0.0281. The Kier molecular flexibility index (Phi) is 5.67. The maximum atomic E-state index is 8.20. The monoisotopic (exact) mass is 424 g/mol. The van der Waals surface area contributed by atoms with E-state index in [4.69, 9.17) is 19.9 Å².